The molecule has 2 bridgehead atoms. The second kappa shape index (κ2) is 10.6. The molecule has 3 aliphatic rings. The number of allylic oxidation sites excluding steroid dienone is 2. The minimum Gasteiger partial charge on any atom is -0.297 e. The van der Waals surface area contributed by atoms with Crippen LogP contribution in [0.2, 0.25) is 10.0 Å². The fourth-order valence-electron chi connectivity index (χ4n) is 8.23. The molecule has 46 heavy (non-hydrogen) atoms. The lowest BCUT2D eigenvalue weighted by molar-refractivity contribution is -0.130. The third-order valence-corrected chi connectivity index (χ3v) is 10.8. The third-order valence-electron chi connectivity index (χ3n) is 9.78. The lowest BCUT2D eigenvalue weighted by Crippen LogP contribution is -2.45. The predicted octanol–water partition coefficient (Wildman–Crippen LogP) is 8.94. The molecule has 1 saturated carbocycles. The van der Waals surface area contributed by atoms with Crippen LogP contribution in [0.5, 0.6) is 0 Å². The van der Waals surface area contributed by atoms with Crippen LogP contribution in [0.3, 0.4) is 0 Å². The SMILES string of the molecule is O=C1[C@@H]2[C@H](C(=O)N1c1cccc(Br)c1)[C@@]1(c3ccc(Cl)cc3)C(=O)[C@@]2(c2ccc(Cl)cc2)C(c2ccccc2)=C1c1ccccc1. The van der Waals surface area contributed by atoms with Gasteiger partial charge in [0.1, 0.15) is 0 Å². The molecule has 4 atom stereocenters. The fourth-order valence-corrected chi connectivity index (χ4v) is 8.87. The molecule has 7 heteroatoms. The Morgan fingerprint density at radius 3 is 1.39 bits per heavy atom. The van der Waals surface area contributed by atoms with Crippen molar-refractivity contribution in [2.75, 3.05) is 4.90 Å². The molecular weight excluding hydrogens is 681 g/mol. The van der Waals surface area contributed by atoms with Crippen molar-refractivity contribution in [2.24, 2.45) is 11.8 Å². The van der Waals surface area contributed by atoms with E-state index in [2.05, 4.69) is 15.9 Å². The zero-order chi connectivity index (χ0) is 31.8. The Hall–Kier alpha value is -4.29. The van der Waals surface area contributed by atoms with E-state index < -0.39 is 34.5 Å². The Balaban J connectivity index is 1.56. The molecule has 0 spiro atoms. The Morgan fingerprint density at radius 2 is 0.978 bits per heavy atom. The van der Waals surface area contributed by atoms with E-state index in [-0.39, 0.29) is 5.78 Å². The molecule has 2 amide bonds. The smallest absolute Gasteiger partial charge is 0.239 e. The number of imide groups is 1. The number of carbonyl (C=O) groups excluding carboxylic acids is 3. The van der Waals surface area contributed by atoms with E-state index in [1.165, 1.54) is 4.90 Å². The van der Waals surface area contributed by atoms with Crippen molar-refractivity contribution in [3.8, 4) is 0 Å². The van der Waals surface area contributed by atoms with Gasteiger partial charge in [0, 0.05) is 14.5 Å². The van der Waals surface area contributed by atoms with Crippen LogP contribution < -0.4 is 4.90 Å². The molecule has 1 saturated heterocycles. The molecule has 0 aromatic heterocycles. The zero-order valence-corrected chi connectivity index (χ0v) is 27.3. The number of halogens is 3. The number of amides is 2. The van der Waals surface area contributed by atoms with E-state index >= 15 is 14.4 Å². The number of benzene rings is 5. The highest BCUT2D eigenvalue weighted by Gasteiger charge is 2.82. The second-order valence-electron chi connectivity index (χ2n) is 11.9. The molecule has 5 aromatic rings. The fraction of sp³-hybridized carbons (Fsp3) is 0.103. The van der Waals surface area contributed by atoms with E-state index in [0.29, 0.717) is 26.9 Å². The van der Waals surface area contributed by atoms with E-state index in [4.69, 9.17) is 23.2 Å². The summed E-state index contributed by atoms with van der Waals surface area (Å²) in [5, 5.41) is 1.00. The van der Waals surface area contributed by atoms with E-state index in [0.717, 1.165) is 26.7 Å². The highest BCUT2D eigenvalue weighted by atomic mass is 79.9. The Bertz CT molecular complexity index is 1970. The number of carbonyl (C=O) groups is 3. The van der Waals surface area contributed by atoms with Gasteiger partial charge in [0.15, 0.2) is 5.78 Å². The molecule has 4 nitrogen and oxygen atoms in total. The Morgan fingerprint density at radius 1 is 0.543 bits per heavy atom. The second-order valence-corrected chi connectivity index (χ2v) is 13.7. The first-order valence-electron chi connectivity index (χ1n) is 14.9. The van der Waals surface area contributed by atoms with Crippen LogP contribution in [0.4, 0.5) is 5.69 Å². The summed E-state index contributed by atoms with van der Waals surface area (Å²) in [4.78, 5) is 47.2. The summed E-state index contributed by atoms with van der Waals surface area (Å²) in [6.45, 7) is 0. The van der Waals surface area contributed by atoms with Crippen molar-refractivity contribution < 1.29 is 14.4 Å². The van der Waals surface area contributed by atoms with Gasteiger partial charge in [0.2, 0.25) is 11.8 Å². The van der Waals surface area contributed by atoms with E-state index in [1.807, 2.05) is 91.0 Å². The van der Waals surface area contributed by atoms with Crippen LogP contribution in [-0.2, 0) is 25.2 Å². The molecule has 2 aliphatic carbocycles. The van der Waals surface area contributed by atoms with Gasteiger partial charge in [-0.05, 0) is 75.9 Å². The van der Waals surface area contributed by atoms with Gasteiger partial charge in [-0.25, -0.2) is 4.90 Å². The monoisotopic (exact) mass is 703 g/mol. The number of hydrogen-bond acceptors (Lipinski definition) is 3. The van der Waals surface area contributed by atoms with Crippen LogP contribution in [0.1, 0.15) is 22.3 Å². The van der Waals surface area contributed by atoms with Crippen LogP contribution in [-0.4, -0.2) is 17.6 Å². The first kappa shape index (κ1) is 29.1. The summed E-state index contributed by atoms with van der Waals surface area (Å²) in [6.07, 6.45) is 0. The molecule has 5 aromatic carbocycles. The van der Waals surface area contributed by atoms with Crippen molar-refractivity contribution in [1.29, 1.82) is 0 Å². The average Bonchev–Trinajstić information content (AvgIpc) is 3.58. The van der Waals surface area contributed by atoms with Gasteiger partial charge in [-0.3, -0.25) is 14.4 Å². The summed E-state index contributed by atoms with van der Waals surface area (Å²) in [7, 11) is 0. The molecule has 0 unspecified atom stereocenters. The van der Waals surface area contributed by atoms with Gasteiger partial charge in [0.25, 0.3) is 0 Å². The number of nitrogens with zero attached hydrogens (tertiary/aromatic N) is 1. The van der Waals surface area contributed by atoms with Crippen molar-refractivity contribution in [1.82, 2.24) is 0 Å². The predicted molar refractivity (Wildman–Crippen MR) is 185 cm³/mol. The van der Waals surface area contributed by atoms with Crippen molar-refractivity contribution in [3.05, 3.63) is 170 Å². The quantitative estimate of drug-likeness (QED) is 0.172. The van der Waals surface area contributed by atoms with Crippen molar-refractivity contribution >= 4 is 73.6 Å². The number of fused-ring (bicyclic) bond motifs is 5. The Kier molecular flexibility index (Phi) is 6.73. The highest BCUT2D eigenvalue weighted by Crippen LogP contribution is 2.74. The summed E-state index contributed by atoms with van der Waals surface area (Å²) in [5.41, 5.74) is 1.74. The van der Waals surface area contributed by atoms with Gasteiger partial charge in [0.05, 0.1) is 28.4 Å². The average molecular weight is 705 g/mol. The molecule has 0 radical (unpaired) electrons. The zero-order valence-electron chi connectivity index (χ0n) is 24.2. The summed E-state index contributed by atoms with van der Waals surface area (Å²) >= 11 is 16.3. The summed E-state index contributed by atoms with van der Waals surface area (Å²) < 4.78 is 0.731. The maximum Gasteiger partial charge on any atom is 0.239 e. The normalized spacial score (nSPS) is 25.0. The number of rotatable bonds is 5. The van der Waals surface area contributed by atoms with Crippen LogP contribution in [0.25, 0.3) is 11.1 Å². The molecule has 224 valence electrons. The van der Waals surface area contributed by atoms with Gasteiger partial charge >= 0.3 is 0 Å². The topological polar surface area (TPSA) is 54.5 Å². The molecule has 1 aliphatic heterocycles. The summed E-state index contributed by atoms with van der Waals surface area (Å²) in [5.74, 6) is -3.06. The number of anilines is 1. The lowest BCUT2D eigenvalue weighted by Gasteiger charge is -2.39. The van der Waals surface area contributed by atoms with Crippen molar-refractivity contribution in [3.63, 3.8) is 0 Å². The maximum atomic E-state index is 15.9. The van der Waals surface area contributed by atoms with E-state index in [9.17, 15) is 0 Å². The largest absolute Gasteiger partial charge is 0.297 e. The van der Waals surface area contributed by atoms with Gasteiger partial charge < -0.3 is 0 Å². The first-order valence-corrected chi connectivity index (χ1v) is 16.4. The molecule has 8 rings (SSSR count). The standard InChI is InChI=1S/C39H24BrCl2NO3/c40-27-12-7-13-30(22-27)43-35(44)33-34(36(43)45)39(26-16-20-29(42)21-17-26)32(24-10-5-2-6-11-24)31(23-8-3-1-4-9-23)38(33,37(39)46)25-14-18-28(41)19-15-25/h1-22,33-34H/t33-,34+,38-,39-/m0/s1. The van der Waals surface area contributed by atoms with Crippen LogP contribution >= 0.6 is 39.1 Å². The minimum absolute atomic E-state index is 0.201. The summed E-state index contributed by atoms with van der Waals surface area (Å²) in [6, 6.07) is 40.9. The minimum atomic E-state index is -1.51. The van der Waals surface area contributed by atoms with Crippen LogP contribution in [0.15, 0.2) is 138 Å². The number of ketones is 1. The molecule has 1 heterocycles. The van der Waals surface area contributed by atoms with Gasteiger partial charge in [-0.1, -0.05) is 130 Å². The third kappa shape index (κ3) is 3.77. The van der Waals surface area contributed by atoms with Gasteiger partial charge in [-0.2, -0.15) is 0 Å². The van der Waals surface area contributed by atoms with Crippen LogP contribution in [0, 0.1) is 11.8 Å². The van der Waals surface area contributed by atoms with Crippen molar-refractivity contribution in [2.45, 2.75) is 10.8 Å². The molecule has 0 N–H and O–H groups in total. The molecular formula is C39H24BrCl2NO3. The highest BCUT2D eigenvalue weighted by molar-refractivity contribution is 9.10. The molecule has 2 fully saturated rings. The number of hydrogen-bond donors (Lipinski definition) is 0. The lowest BCUT2D eigenvalue weighted by atomic mass is 9.59. The maximum absolute atomic E-state index is 15.9. The van der Waals surface area contributed by atoms with E-state index in [1.54, 1.807) is 42.5 Å². The Labute approximate surface area is 284 Å². The van der Waals surface area contributed by atoms with Gasteiger partial charge in [-0.15, -0.1) is 0 Å². The first-order chi connectivity index (χ1) is 22.3. The number of Topliss-reactive ketones (excluding diaryl/α,β-unsaturated/α-hetero) is 1.